The number of aromatic nitrogens is 4. The first-order chi connectivity index (χ1) is 20.4. The lowest BCUT2D eigenvalue weighted by atomic mass is 9.96. The van der Waals surface area contributed by atoms with Crippen molar-refractivity contribution in [1.82, 2.24) is 24.4 Å². The average molecular weight is 610 g/mol. The summed E-state index contributed by atoms with van der Waals surface area (Å²) in [7, 11) is 0. The fourth-order valence-electron chi connectivity index (χ4n) is 5.81. The number of ether oxygens (including phenoxy) is 1. The molecule has 2 aliphatic rings. The van der Waals surface area contributed by atoms with E-state index in [1.807, 2.05) is 0 Å². The summed E-state index contributed by atoms with van der Waals surface area (Å²) in [5.74, 6) is -2.91. The van der Waals surface area contributed by atoms with Crippen molar-refractivity contribution in [3.8, 4) is 22.8 Å². The third kappa shape index (κ3) is 5.05. The smallest absolute Gasteiger partial charge is 0.274 e. The van der Waals surface area contributed by atoms with E-state index < -0.39 is 28.6 Å². The summed E-state index contributed by atoms with van der Waals surface area (Å²) in [6.45, 7) is 6.92. The number of carbonyl (C=O) groups excluding carboxylic acids is 1. The van der Waals surface area contributed by atoms with Crippen molar-refractivity contribution in [1.29, 1.82) is 0 Å². The number of carbonyl (C=O) groups is 1. The molecule has 222 valence electrons. The van der Waals surface area contributed by atoms with Crippen molar-refractivity contribution >= 4 is 17.5 Å². The number of hydrogen-bond acceptors (Lipinski definition) is 6. The van der Waals surface area contributed by atoms with Crippen LogP contribution in [-0.2, 0) is 4.79 Å². The molecule has 4 aromatic rings. The minimum atomic E-state index is -0.921. The number of likely N-dealkylation sites (tertiary alicyclic amines) is 1. The van der Waals surface area contributed by atoms with E-state index in [9.17, 15) is 14.0 Å². The Morgan fingerprint density at radius 3 is 2.51 bits per heavy atom. The Morgan fingerprint density at radius 2 is 1.81 bits per heavy atom. The van der Waals surface area contributed by atoms with Gasteiger partial charge in [0.05, 0.1) is 25.0 Å². The van der Waals surface area contributed by atoms with Gasteiger partial charge in [-0.2, -0.15) is 0 Å². The average Bonchev–Trinajstić information content (AvgIpc) is 3.73. The van der Waals surface area contributed by atoms with E-state index in [0.717, 1.165) is 10.8 Å². The van der Waals surface area contributed by atoms with Gasteiger partial charge in [0.1, 0.15) is 22.1 Å². The Labute approximate surface area is 250 Å². The van der Waals surface area contributed by atoms with Crippen LogP contribution in [0.25, 0.3) is 16.9 Å². The molecular formula is C31H27ClF3N5O3. The van der Waals surface area contributed by atoms with Crippen molar-refractivity contribution in [2.45, 2.75) is 51.6 Å². The second kappa shape index (κ2) is 10.5. The fourth-order valence-corrected chi connectivity index (χ4v) is 6.09. The van der Waals surface area contributed by atoms with Crippen LogP contribution in [0.4, 0.5) is 13.2 Å². The van der Waals surface area contributed by atoms with Crippen LogP contribution in [0.1, 0.15) is 54.5 Å². The fraction of sp³-hybridized carbons (Fsp3) is 0.323. The number of nitrogens with zero attached hydrogens (tertiary/aromatic N) is 5. The number of amides is 1. The molecule has 0 radical (unpaired) electrons. The van der Waals surface area contributed by atoms with Gasteiger partial charge in [0.2, 0.25) is 5.91 Å². The van der Waals surface area contributed by atoms with Gasteiger partial charge in [-0.25, -0.2) is 18.2 Å². The van der Waals surface area contributed by atoms with Gasteiger partial charge in [0, 0.05) is 36.8 Å². The molecule has 4 aromatic heterocycles. The second-order valence-corrected chi connectivity index (χ2v) is 11.8. The number of pyridine rings is 4. The summed E-state index contributed by atoms with van der Waals surface area (Å²) < 4.78 is 52.7. The summed E-state index contributed by atoms with van der Waals surface area (Å²) in [6, 6.07) is 4.42. The molecule has 0 N–H and O–H groups in total. The van der Waals surface area contributed by atoms with Crippen molar-refractivity contribution in [3.63, 3.8) is 0 Å². The van der Waals surface area contributed by atoms with Crippen molar-refractivity contribution in [2.24, 2.45) is 0 Å². The predicted octanol–water partition coefficient (Wildman–Crippen LogP) is 5.65. The zero-order valence-electron chi connectivity index (χ0n) is 23.8. The van der Waals surface area contributed by atoms with Crippen LogP contribution in [0.5, 0.6) is 5.88 Å². The molecule has 0 aromatic carbocycles. The van der Waals surface area contributed by atoms with E-state index in [2.05, 4.69) is 15.0 Å². The highest BCUT2D eigenvalue weighted by Crippen LogP contribution is 2.55. The monoisotopic (exact) mass is 609 g/mol. The molecule has 0 spiro atoms. The van der Waals surface area contributed by atoms with E-state index >= 15 is 8.78 Å². The second-order valence-electron chi connectivity index (χ2n) is 11.4. The zero-order chi connectivity index (χ0) is 30.8. The molecule has 5 heterocycles. The van der Waals surface area contributed by atoms with Crippen LogP contribution in [0, 0.1) is 31.3 Å². The maximum absolute atomic E-state index is 16.3. The van der Waals surface area contributed by atoms with E-state index in [-0.39, 0.29) is 58.7 Å². The van der Waals surface area contributed by atoms with Crippen LogP contribution in [0.15, 0.2) is 47.8 Å². The van der Waals surface area contributed by atoms with E-state index in [4.69, 9.17) is 16.3 Å². The summed E-state index contributed by atoms with van der Waals surface area (Å²) >= 11 is 6.59. The van der Waals surface area contributed by atoms with Crippen molar-refractivity contribution < 1.29 is 22.7 Å². The maximum atomic E-state index is 16.3. The first-order valence-corrected chi connectivity index (χ1v) is 14.0. The predicted molar refractivity (Wildman–Crippen MR) is 153 cm³/mol. The largest absolute Gasteiger partial charge is 0.465 e. The van der Waals surface area contributed by atoms with Crippen molar-refractivity contribution in [3.05, 3.63) is 98.2 Å². The third-order valence-electron chi connectivity index (χ3n) is 8.06. The Bertz CT molecular complexity index is 1860. The van der Waals surface area contributed by atoms with E-state index in [1.165, 1.54) is 31.5 Å². The Kier molecular flexibility index (Phi) is 7.03. The van der Waals surface area contributed by atoms with Gasteiger partial charge in [-0.1, -0.05) is 11.6 Å². The molecular weight excluding hydrogens is 583 g/mol. The molecule has 43 heavy (non-hydrogen) atoms. The molecule has 0 bridgehead atoms. The third-order valence-corrected chi connectivity index (χ3v) is 8.44. The molecule has 1 amide bonds. The van der Waals surface area contributed by atoms with Gasteiger partial charge in [0.25, 0.3) is 11.4 Å². The molecule has 1 aliphatic carbocycles. The highest BCUT2D eigenvalue weighted by molar-refractivity contribution is 6.31. The lowest BCUT2D eigenvalue weighted by Gasteiger charge is -2.46. The summed E-state index contributed by atoms with van der Waals surface area (Å²) in [5, 5.41) is -0.0706. The highest BCUT2D eigenvalue weighted by Gasteiger charge is 2.44. The molecule has 6 rings (SSSR count). The van der Waals surface area contributed by atoms with Crippen LogP contribution in [0.2, 0.25) is 5.02 Å². The van der Waals surface area contributed by atoms with Gasteiger partial charge >= 0.3 is 0 Å². The van der Waals surface area contributed by atoms with Gasteiger partial charge in [-0.3, -0.25) is 24.1 Å². The first kappa shape index (κ1) is 28.9. The van der Waals surface area contributed by atoms with Crippen LogP contribution in [-0.4, -0.2) is 49.0 Å². The molecule has 0 unspecified atom stereocenters. The Hall–Kier alpha value is -4.25. The standard InChI is InChI=1S/C31H27ClF3N5O3/c1-15-10-38-27(20-5-6-37-29(25(20)34)43-31(4)13-39(14-31)17(3)41)26(35)28(15)40-16(2)7-23(24(32)30(40)42)22-9-21(22)18-8-19(33)12-36-11-18/h5-8,10-12,21-22H,9,13-14H2,1-4H3/t21-,22+/m1/s1. The van der Waals surface area contributed by atoms with Crippen molar-refractivity contribution in [2.75, 3.05) is 13.1 Å². The molecule has 8 nitrogen and oxygen atoms in total. The quantitative estimate of drug-likeness (QED) is 0.281. The lowest BCUT2D eigenvalue weighted by molar-refractivity contribution is -0.146. The minimum Gasteiger partial charge on any atom is -0.465 e. The lowest BCUT2D eigenvalue weighted by Crippen LogP contribution is -2.64. The van der Waals surface area contributed by atoms with Gasteiger partial charge in [-0.05, 0) is 73.9 Å². The topological polar surface area (TPSA) is 90.2 Å². The van der Waals surface area contributed by atoms with Gasteiger partial charge in [-0.15, -0.1) is 0 Å². The molecule has 1 saturated heterocycles. The first-order valence-electron chi connectivity index (χ1n) is 13.7. The molecule has 2 atom stereocenters. The summed E-state index contributed by atoms with van der Waals surface area (Å²) in [5.41, 5.74) is -0.0609. The van der Waals surface area contributed by atoms with Gasteiger partial charge < -0.3 is 9.64 Å². The summed E-state index contributed by atoms with van der Waals surface area (Å²) in [4.78, 5) is 38.8. The number of hydrogen-bond donors (Lipinski definition) is 0. The Balaban J connectivity index is 1.36. The van der Waals surface area contributed by atoms with Gasteiger partial charge in [0.15, 0.2) is 11.6 Å². The molecule has 2 fully saturated rings. The number of aryl methyl sites for hydroxylation is 2. The summed E-state index contributed by atoms with van der Waals surface area (Å²) in [6.07, 6.45) is 6.02. The molecule has 1 saturated carbocycles. The SMILES string of the molecule is CC(=O)N1CC(C)(Oc2nccc(-c3ncc(C)c(-n4c(C)cc([C@H]5C[C@@H]5c5cncc(F)c5)c(Cl)c4=O)c3F)c2F)C1. The minimum absolute atomic E-state index is 0.0415. The Morgan fingerprint density at radius 1 is 1.07 bits per heavy atom. The van der Waals surface area contributed by atoms with Crippen LogP contribution >= 0.6 is 11.6 Å². The highest BCUT2D eigenvalue weighted by atomic mass is 35.5. The zero-order valence-corrected chi connectivity index (χ0v) is 24.5. The van der Waals surface area contributed by atoms with Crippen LogP contribution in [0.3, 0.4) is 0 Å². The van der Waals surface area contributed by atoms with Crippen LogP contribution < -0.4 is 10.3 Å². The van der Waals surface area contributed by atoms with E-state index in [0.29, 0.717) is 28.8 Å². The van der Waals surface area contributed by atoms with E-state index in [1.54, 1.807) is 37.9 Å². The molecule has 12 heteroatoms. The normalized spacial score (nSPS) is 18.7. The maximum Gasteiger partial charge on any atom is 0.274 e. The molecule has 1 aliphatic heterocycles. The number of rotatable bonds is 6. The number of halogens is 4.